The molecule has 5 heteroatoms. The highest BCUT2D eigenvalue weighted by Crippen LogP contribution is 2.27. The first-order valence-corrected chi connectivity index (χ1v) is 6.15. The van der Waals surface area contributed by atoms with Crippen molar-refractivity contribution in [1.29, 1.82) is 5.26 Å². The van der Waals surface area contributed by atoms with Crippen molar-refractivity contribution in [2.75, 3.05) is 7.11 Å². The maximum absolute atomic E-state index is 10.0. The molecule has 1 aliphatic heterocycles. The molecule has 0 spiro atoms. The van der Waals surface area contributed by atoms with Crippen molar-refractivity contribution in [3.8, 4) is 6.07 Å². The van der Waals surface area contributed by atoms with Crippen LogP contribution in [0.3, 0.4) is 0 Å². The monoisotopic (exact) mass is 263 g/mol. The van der Waals surface area contributed by atoms with Crippen molar-refractivity contribution >= 4 is 0 Å². The van der Waals surface area contributed by atoms with Crippen LogP contribution in [-0.2, 0) is 20.8 Å². The van der Waals surface area contributed by atoms with E-state index in [0.29, 0.717) is 6.61 Å². The molecule has 0 radical (unpaired) electrons. The van der Waals surface area contributed by atoms with Crippen LogP contribution in [0.4, 0.5) is 0 Å². The zero-order chi connectivity index (χ0) is 13.7. The Balaban J connectivity index is 1.98. The normalized spacial score (nSPS) is 30.2. The van der Waals surface area contributed by atoms with Crippen LogP contribution in [0.15, 0.2) is 30.3 Å². The third kappa shape index (κ3) is 3.31. The lowest BCUT2D eigenvalue weighted by atomic mass is 10.1. The number of benzene rings is 1. The number of aliphatic hydroxyl groups is 1. The van der Waals surface area contributed by atoms with E-state index in [4.69, 9.17) is 19.5 Å². The van der Waals surface area contributed by atoms with E-state index in [-0.39, 0.29) is 6.42 Å². The average Bonchev–Trinajstić information content (AvgIpc) is 2.74. The molecule has 1 saturated heterocycles. The second kappa shape index (κ2) is 6.64. The van der Waals surface area contributed by atoms with Gasteiger partial charge in [-0.1, -0.05) is 30.3 Å². The van der Waals surface area contributed by atoms with E-state index >= 15 is 0 Å². The van der Waals surface area contributed by atoms with Gasteiger partial charge >= 0.3 is 0 Å². The molecule has 0 saturated carbocycles. The Morgan fingerprint density at radius 3 is 2.74 bits per heavy atom. The molecule has 5 nitrogen and oxygen atoms in total. The van der Waals surface area contributed by atoms with Crippen LogP contribution in [0.2, 0.25) is 0 Å². The first-order chi connectivity index (χ1) is 9.26. The van der Waals surface area contributed by atoms with Gasteiger partial charge < -0.3 is 19.3 Å². The number of rotatable bonds is 5. The Morgan fingerprint density at radius 1 is 1.37 bits per heavy atom. The molecule has 1 N–H and O–H groups in total. The van der Waals surface area contributed by atoms with Crippen LogP contribution in [0.5, 0.6) is 0 Å². The molecule has 1 aliphatic rings. The highest BCUT2D eigenvalue weighted by atomic mass is 16.7. The van der Waals surface area contributed by atoms with Gasteiger partial charge in [-0.25, -0.2) is 0 Å². The van der Waals surface area contributed by atoms with Gasteiger partial charge in [0, 0.05) is 7.11 Å². The molecule has 1 fully saturated rings. The van der Waals surface area contributed by atoms with Gasteiger partial charge in [-0.2, -0.15) is 5.26 Å². The van der Waals surface area contributed by atoms with E-state index in [1.807, 2.05) is 36.4 Å². The van der Waals surface area contributed by atoms with Crippen LogP contribution < -0.4 is 0 Å². The number of aliphatic hydroxyl groups excluding tert-OH is 1. The Hall–Kier alpha value is -1.45. The summed E-state index contributed by atoms with van der Waals surface area (Å²) < 4.78 is 16.2. The molecule has 0 aromatic heterocycles. The second-order valence-corrected chi connectivity index (χ2v) is 4.39. The lowest BCUT2D eigenvalue weighted by Crippen LogP contribution is -2.35. The summed E-state index contributed by atoms with van der Waals surface area (Å²) in [6.45, 7) is 0.365. The van der Waals surface area contributed by atoms with Crippen molar-refractivity contribution in [3.63, 3.8) is 0 Å². The van der Waals surface area contributed by atoms with Gasteiger partial charge in [-0.15, -0.1) is 0 Å². The number of methoxy groups -OCH3 is 1. The Bertz CT molecular complexity index is 431. The van der Waals surface area contributed by atoms with E-state index in [2.05, 4.69) is 0 Å². The van der Waals surface area contributed by atoms with Crippen molar-refractivity contribution in [2.24, 2.45) is 0 Å². The molecule has 1 unspecified atom stereocenters. The number of hydrogen-bond acceptors (Lipinski definition) is 5. The molecule has 19 heavy (non-hydrogen) atoms. The summed E-state index contributed by atoms with van der Waals surface area (Å²) in [6.07, 6.45) is -2.47. The summed E-state index contributed by atoms with van der Waals surface area (Å²) in [5.74, 6) is 0. The molecular formula is C14H17NO4. The van der Waals surface area contributed by atoms with Gasteiger partial charge in [0.15, 0.2) is 6.29 Å². The molecule has 1 aromatic rings. The van der Waals surface area contributed by atoms with E-state index in [9.17, 15) is 5.11 Å². The van der Waals surface area contributed by atoms with Crippen LogP contribution >= 0.6 is 0 Å². The third-order valence-electron chi connectivity index (χ3n) is 3.10. The van der Waals surface area contributed by atoms with Crippen LogP contribution in [-0.4, -0.2) is 36.8 Å². The molecule has 0 bridgehead atoms. The van der Waals surface area contributed by atoms with Crippen molar-refractivity contribution < 1.29 is 19.3 Å². The summed E-state index contributed by atoms with van der Waals surface area (Å²) in [7, 11) is 1.46. The zero-order valence-electron chi connectivity index (χ0n) is 10.7. The number of hydrogen-bond donors (Lipinski definition) is 1. The van der Waals surface area contributed by atoms with Crippen LogP contribution in [0.1, 0.15) is 12.0 Å². The maximum Gasteiger partial charge on any atom is 0.186 e. The lowest BCUT2D eigenvalue weighted by Gasteiger charge is -2.19. The molecule has 4 atom stereocenters. The van der Waals surface area contributed by atoms with E-state index in [0.717, 1.165) is 5.56 Å². The number of nitriles is 1. The maximum atomic E-state index is 10.0. The molecule has 2 rings (SSSR count). The molecule has 1 heterocycles. The van der Waals surface area contributed by atoms with Crippen LogP contribution in [0, 0.1) is 11.3 Å². The first-order valence-electron chi connectivity index (χ1n) is 6.15. The Kier molecular flexibility index (Phi) is 4.88. The predicted molar refractivity (Wildman–Crippen MR) is 66.9 cm³/mol. The Morgan fingerprint density at radius 2 is 2.11 bits per heavy atom. The fourth-order valence-electron chi connectivity index (χ4n) is 2.13. The molecule has 0 aliphatic carbocycles. The van der Waals surface area contributed by atoms with Crippen molar-refractivity contribution in [2.45, 2.75) is 37.6 Å². The molecule has 1 aromatic carbocycles. The minimum Gasteiger partial charge on any atom is -0.385 e. The van der Waals surface area contributed by atoms with E-state index in [1.165, 1.54) is 7.11 Å². The lowest BCUT2D eigenvalue weighted by molar-refractivity contribution is -0.148. The van der Waals surface area contributed by atoms with E-state index in [1.54, 1.807) is 0 Å². The second-order valence-electron chi connectivity index (χ2n) is 4.39. The third-order valence-corrected chi connectivity index (χ3v) is 3.10. The van der Waals surface area contributed by atoms with Gasteiger partial charge in [-0.05, 0) is 5.56 Å². The Labute approximate surface area is 112 Å². The van der Waals surface area contributed by atoms with Crippen molar-refractivity contribution in [3.05, 3.63) is 35.9 Å². The topological polar surface area (TPSA) is 71.7 Å². The predicted octanol–water partition coefficient (Wildman–Crippen LogP) is 1.22. The standard InChI is InChI=1S/C14H17NO4/c1-17-14-12(16)13(11(19-14)7-8-15)18-9-10-5-3-2-4-6-10/h2-6,11-14,16H,7,9H2,1H3/t11-,12-,13+,14?/m1/s1. The van der Waals surface area contributed by atoms with E-state index < -0.39 is 24.6 Å². The van der Waals surface area contributed by atoms with Crippen molar-refractivity contribution in [1.82, 2.24) is 0 Å². The summed E-state index contributed by atoms with van der Waals surface area (Å²) in [5, 5.41) is 18.8. The van der Waals surface area contributed by atoms with Gasteiger partial charge in [0.2, 0.25) is 0 Å². The average molecular weight is 263 g/mol. The van der Waals surface area contributed by atoms with Crippen LogP contribution in [0.25, 0.3) is 0 Å². The highest BCUT2D eigenvalue weighted by molar-refractivity contribution is 5.13. The fourth-order valence-corrected chi connectivity index (χ4v) is 2.13. The molecule has 0 amide bonds. The molecule has 102 valence electrons. The smallest absolute Gasteiger partial charge is 0.186 e. The van der Waals surface area contributed by atoms with Gasteiger partial charge in [-0.3, -0.25) is 0 Å². The fraction of sp³-hybridized carbons (Fsp3) is 0.500. The largest absolute Gasteiger partial charge is 0.385 e. The summed E-state index contributed by atoms with van der Waals surface area (Å²) in [4.78, 5) is 0. The minimum absolute atomic E-state index is 0.163. The first kappa shape index (κ1) is 14.0. The SMILES string of the molecule is COC1O[C@H](CC#N)[C@H](OCc2ccccc2)[C@H]1O. The summed E-state index contributed by atoms with van der Waals surface area (Å²) in [6, 6.07) is 11.7. The molecular weight excluding hydrogens is 246 g/mol. The number of ether oxygens (including phenoxy) is 3. The number of nitrogens with zero attached hydrogens (tertiary/aromatic N) is 1. The summed E-state index contributed by atoms with van der Waals surface area (Å²) >= 11 is 0. The zero-order valence-corrected chi connectivity index (χ0v) is 10.7. The minimum atomic E-state index is -0.882. The van der Waals surface area contributed by atoms with Gasteiger partial charge in [0.25, 0.3) is 0 Å². The van der Waals surface area contributed by atoms with Gasteiger partial charge in [0.1, 0.15) is 18.3 Å². The quantitative estimate of drug-likeness (QED) is 0.864. The summed E-state index contributed by atoms with van der Waals surface area (Å²) in [5.41, 5.74) is 1.01. The van der Waals surface area contributed by atoms with Gasteiger partial charge in [0.05, 0.1) is 19.1 Å². The highest BCUT2D eigenvalue weighted by Gasteiger charge is 2.44.